The van der Waals surface area contributed by atoms with E-state index in [-0.39, 0.29) is 5.58 Å². The smallest absolute Gasteiger partial charge is 0.409 e. The molecule has 2 aromatic rings. The van der Waals surface area contributed by atoms with Gasteiger partial charge in [0.05, 0.1) is 5.39 Å². The number of fused-ring (bicyclic) bond motifs is 1. The lowest BCUT2D eigenvalue weighted by molar-refractivity contribution is 0.528. The molecule has 2 rings (SSSR count). The summed E-state index contributed by atoms with van der Waals surface area (Å²) < 4.78 is 4.73. The topological polar surface area (TPSA) is 89.1 Å². The summed E-state index contributed by atoms with van der Waals surface area (Å²) in [5.74, 6) is -0.775. The highest BCUT2D eigenvalue weighted by atomic mass is 16.4. The molecule has 0 spiro atoms. The van der Waals surface area contributed by atoms with Crippen LogP contribution in [0.25, 0.3) is 11.0 Å². The molecule has 13 heavy (non-hydrogen) atoms. The molecule has 0 unspecified atom stereocenters. The highest BCUT2D eigenvalue weighted by Crippen LogP contribution is 2.11. The first-order valence-corrected chi connectivity index (χ1v) is 3.59. The van der Waals surface area contributed by atoms with E-state index < -0.39 is 11.3 Å². The molecule has 0 fully saturated rings. The number of anilines is 1. The summed E-state index contributed by atoms with van der Waals surface area (Å²) in [5, 5.41) is 0.314. The molecule has 1 heterocycles. The first-order chi connectivity index (χ1) is 6.16. The Morgan fingerprint density at radius 3 is 2.85 bits per heavy atom. The molecule has 0 amide bonds. The van der Waals surface area contributed by atoms with E-state index in [2.05, 4.69) is 0 Å². The average Bonchev–Trinajstić information content (AvgIpc) is 2.02. The van der Waals surface area contributed by atoms with Crippen LogP contribution in [0.2, 0.25) is 0 Å². The van der Waals surface area contributed by atoms with Crippen LogP contribution in [0.5, 0.6) is 0 Å². The SMILES string of the molecule is Nc1ccc2c(=O)[nH]c(=O)oc2c1. The molecule has 1 aromatic heterocycles. The van der Waals surface area contributed by atoms with E-state index in [1.807, 2.05) is 4.98 Å². The van der Waals surface area contributed by atoms with Gasteiger partial charge in [-0.3, -0.25) is 9.78 Å². The summed E-state index contributed by atoms with van der Waals surface area (Å²) >= 11 is 0. The first-order valence-electron chi connectivity index (χ1n) is 3.59. The van der Waals surface area contributed by atoms with Gasteiger partial charge in [0, 0.05) is 11.8 Å². The quantitative estimate of drug-likeness (QED) is 0.558. The monoisotopic (exact) mass is 178 g/mol. The molecule has 0 bridgehead atoms. The third kappa shape index (κ3) is 1.20. The maximum Gasteiger partial charge on any atom is 0.419 e. The van der Waals surface area contributed by atoms with E-state index in [4.69, 9.17) is 10.2 Å². The van der Waals surface area contributed by atoms with E-state index in [9.17, 15) is 9.59 Å². The van der Waals surface area contributed by atoms with Crippen molar-refractivity contribution in [1.82, 2.24) is 4.98 Å². The first kappa shape index (κ1) is 7.60. The zero-order valence-electron chi connectivity index (χ0n) is 6.53. The van der Waals surface area contributed by atoms with Crippen LogP contribution >= 0.6 is 0 Å². The van der Waals surface area contributed by atoms with Gasteiger partial charge in [0.2, 0.25) is 0 Å². The molecular formula is C8H6N2O3. The van der Waals surface area contributed by atoms with Crippen molar-refractivity contribution in [3.8, 4) is 0 Å². The predicted molar refractivity (Wildman–Crippen MR) is 47.5 cm³/mol. The third-order valence-electron chi connectivity index (χ3n) is 1.67. The molecule has 0 aliphatic carbocycles. The van der Waals surface area contributed by atoms with Crippen LogP contribution in [0.3, 0.4) is 0 Å². The van der Waals surface area contributed by atoms with Crippen LogP contribution in [0.1, 0.15) is 0 Å². The van der Waals surface area contributed by atoms with Crippen molar-refractivity contribution in [2.75, 3.05) is 5.73 Å². The fourth-order valence-corrected chi connectivity index (χ4v) is 1.10. The molecule has 5 nitrogen and oxygen atoms in total. The van der Waals surface area contributed by atoms with Gasteiger partial charge in [-0.2, -0.15) is 0 Å². The minimum atomic E-state index is -0.775. The fourth-order valence-electron chi connectivity index (χ4n) is 1.10. The van der Waals surface area contributed by atoms with Crippen molar-refractivity contribution < 1.29 is 4.42 Å². The number of nitrogens with one attached hydrogen (secondary N) is 1. The van der Waals surface area contributed by atoms with E-state index in [0.29, 0.717) is 11.1 Å². The summed E-state index contributed by atoms with van der Waals surface area (Å²) in [4.78, 5) is 23.9. The summed E-state index contributed by atoms with van der Waals surface area (Å²) in [6.07, 6.45) is 0. The van der Waals surface area contributed by atoms with Gasteiger partial charge in [-0.15, -0.1) is 0 Å². The van der Waals surface area contributed by atoms with Crippen molar-refractivity contribution in [3.63, 3.8) is 0 Å². The second-order valence-electron chi connectivity index (χ2n) is 2.60. The van der Waals surface area contributed by atoms with Crippen molar-refractivity contribution in [1.29, 1.82) is 0 Å². The Morgan fingerprint density at radius 1 is 1.31 bits per heavy atom. The fraction of sp³-hybridized carbons (Fsp3) is 0. The zero-order chi connectivity index (χ0) is 9.42. The van der Waals surface area contributed by atoms with E-state index in [1.54, 1.807) is 6.07 Å². The van der Waals surface area contributed by atoms with Crippen molar-refractivity contribution in [2.24, 2.45) is 0 Å². The molecule has 0 aliphatic heterocycles. The van der Waals surface area contributed by atoms with E-state index in [1.165, 1.54) is 12.1 Å². The van der Waals surface area contributed by atoms with Gasteiger partial charge < -0.3 is 10.2 Å². The second-order valence-corrected chi connectivity index (χ2v) is 2.60. The predicted octanol–water partition coefficient (Wildman–Crippen LogP) is 0.0635. The Morgan fingerprint density at radius 2 is 2.08 bits per heavy atom. The molecule has 0 radical (unpaired) electrons. The van der Waals surface area contributed by atoms with Crippen molar-refractivity contribution in [2.45, 2.75) is 0 Å². The molecule has 0 saturated carbocycles. The van der Waals surface area contributed by atoms with Crippen LogP contribution in [0.4, 0.5) is 5.69 Å². The second kappa shape index (κ2) is 2.48. The molecule has 66 valence electrons. The van der Waals surface area contributed by atoms with Crippen LogP contribution in [-0.2, 0) is 0 Å². The summed E-state index contributed by atoms with van der Waals surface area (Å²) in [6.45, 7) is 0. The standard InChI is InChI=1S/C8H6N2O3/c9-4-1-2-5-6(3-4)13-8(12)10-7(5)11/h1-3H,9H2,(H,10,11,12). The molecule has 5 heteroatoms. The summed E-state index contributed by atoms with van der Waals surface area (Å²) in [6, 6.07) is 4.51. The zero-order valence-corrected chi connectivity index (χ0v) is 6.53. The third-order valence-corrected chi connectivity index (χ3v) is 1.67. The van der Waals surface area contributed by atoms with Gasteiger partial charge in [-0.05, 0) is 12.1 Å². The Hall–Kier alpha value is -2.04. The number of benzene rings is 1. The Kier molecular flexibility index (Phi) is 1.45. The number of nitrogen functional groups attached to an aromatic ring is 1. The lowest BCUT2D eigenvalue weighted by atomic mass is 10.2. The lowest BCUT2D eigenvalue weighted by Gasteiger charge is -1.95. The van der Waals surface area contributed by atoms with Crippen LogP contribution in [0, 0.1) is 0 Å². The number of H-pyrrole nitrogens is 1. The Labute approximate surface area is 71.8 Å². The van der Waals surface area contributed by atoms with Gasteiger partial charge in [0.15, 0.2) is 0 Å². The number of hydrogen-bond donors (Lipinski definition) is 2. The maximum atomic E-state index is 11.2. The summed E-state index contributed by atoms with van der Waals surface area (Å²) in [7, 11) is 0. The lowest BCUT2D eigenvalue weighted by Crippen LogP contribution is -2.17. The average molecular weight is 178 g/mol. The van der Waals surface area contributed by atoms with Gasteiger partial charge in [-0.1, -0.05) is 0 Å². The highest BCUT2D eigenvalue weighted by Gasteiger charge is 2.01. The van der Waals surface area contributed by atoms with Crippen molar-refractivity contribution >= 4 is 16.7 Å². The van der Waals surface area contributed by atoms with Gasteiger partial charge in [0.1, 0.15) is 5.58 Å². The Bertz CT molecular complexity index is 567. The maximum absolute atomic E-state index is 11.2. The molecule has 0 saturated heterocycles. The van der Waals surface area contributed by atoms with Gasteiger partial charge in [0.25, 0.3) is 5.56 Å². The largest absolute Gasteiger partial charge is 0.419 e. The Balaban J connectivity index is 3.03. The minimum Gasteiger partial charge on any atom is -0.409 e. The number of aromatic amines is 1. The summed E-state index contributed by atoms with van der Waals surface area (Å²) in [5.41, 5.74) is 5.63. The van der Waals surface area contributed by atoms with Crippen LogP contribution in [0.15, 0.2) is 32.2 Å². The molecule has 3 N–H and O–H groups in total. The van der Waals surface area contributed by atoms with E-state index >= 15 is 0 Å². The van der Waals surface area contributed by atoms with Gasteiger partial charge in [-0.25, -0.2) is 4.79 Å². The van der Waals surface area contributed by atoms with E-state index in [0.717, 1.165) is 0 Å². The highest BCUT2D eigenvalue weighted by molar-refractivity contribution is 5.78. The number of hydrogen-bond acceptors (Lipinski definition) is 4. The minimum absolute atomic E-state index is 0.203. The molecule has 1 aromatic carbocycles. The number of nitrogens with two attached hydrogens (primary N) is 1. The van der Waals surface area contributed by atoms with Crippen LogP contribution in [-0.4, -0.2) is 4.98 Å². The van der Waals surface area contributed by atoms with Crippen molar-refractivity contribution in [3.05, 3.63) is 39.1 Å². The number of rotatable bonds is 0. The van der Waals surface area contributed by atoms with Crippen LogP contribution < -0.4 is 17.0 Å². The molecule has 0 aliphatic rings. The number of aromatic nitrogens is 1. The normalized spacial score (nSPS) is 10.5. The molecule has 0 atom stereocenters. The van der Waals surface area contributed by atoms with Gasteiger partial charge >= 0.3 is 5.76 Å². The molecular weight excluding hydrogens is 172 g/mol.